The van der Waals surface area contributed by atoms with Crippen LogP contribution in [0.2, 0.25) is 0 Å². The number of carbonyl (C=O) groups excluding carboxylic acids is 1. The number of nitrogens with zero attached hydrogens (tertiary/aromatic N) is 2. The van der Waals surface area contributed by atoms with Crippen LogP contribution in [0.25, 0.3) is 0 Å². The fraction of sp³-hybridized carbons (Fsp3) is 0.833. The van der Waals surface area contributed by atoms with Gasteiger partial charge in [0.05, 0.1) is 5.71 Å². The van der Waals surface area contributed by atoms with Gasteiger partial charge in [-0.1, -0.05) is 24.6 Å². The predicted octanol–water partition coefficient (Wildman–Crippen LogP) is 4.60. The molecule has 3 saturated carbocycles. The van der Waals surface area contributed by atoms with Gasteiger partial charge in [0.15, 0.2) is 0 Å². The first-order valence-electron chi connectivity index (χ1n) is 11.6. The first-order chi connectivity index (χ1) is 13.4. The molecule has 4 fully saturated rings. The third kappa shape index (κ3) is 2.81. The molecule has 0 aromatic heterocycles. The Hall–Kier alpha value is -1.16. The van der Waals surface area contributed by atoms with Crippen molar-refractivity contribution in [1.29, 1.82) is 0 Å². The molecule has 5 aliphatic rings. The number of carbonyl (C=O) groups is 1. The number of oxime groups is 1. The summed E-state index contributed by atoms with van der Waals surface area (Å²) in [6.45, 7) is 6.90. The fourth-order valence-electron chi connectivity index (χ4n) is 7.54. The molecule has 28 heavy (non-hydrogen) atoms. The molecule has 0 amide bonds. The van der Waals surface area contributed by atoms with Crippen molar-refractivity contribution in [2.75, 3.05) is 20.1 Å². The van der Waals surface area contributed by atoms with Crippen LogP contribution in [0.15, 0.2) is 16.8 Å². The molecule has 4 heteroatoms. The van der Waals surface area contributed by atoms with Gasteiger partial charge in [-0.15, -0.1) is 0 Å². The number of rotatable bonds is 2. The number of likely N-dealkylation sites (tertiary alicyclic amines) is 1. The van der Waals surface area contributed by atoms with E-state index in [0.29, 0.717) is 17.1 Å². The van der Waals surface area contributed by atoms with Crippen molar-refractivity contribution in [3.63, 3.8) is 0 Å². The summed E-state index contributed by atoms with van der Waals surface area (Å²) < 4.78 is 0. The van der Waals surface area contributed by atoms with Crippen LogP contribution in [-0.2, 0) is 9.63 Å². The van der Waals surface area contributed by atoms with Crippen molar-refractivity contribution in [3.05, 3.63) is 11.6 Å². The first-order valence-corrected chi connectivity index (χ1v) is 11.6. The van der Waals surface area contributed by atoms with Gasteiger partial charge < -0.3 is 9.74 Å². The van der Waals surface area contributed by atoms with Crippen molar-refractivity contribution in [2.45, 2.75) is 77.7 Å². The van der Waals surface area contributed by atoms with E-state index in [1.54, 1.807) is 5.57 Å². The van der Waals surface area contributed by atoms with Crippen LogP contribution in [0.4, 0.5) is 0 Å². The average Bonchev–Trinajstić information content (AvgIpc) is 3.23. The molecule has 0 radical (unpaired) electrons. The van der Waals surface area contributed by atoms with Crippen molar-refractivity contribution in [1.82, 2.24) is 4.90 Å². The molecule has 3 unspecified atom stereocenters. The Morgan fingerprint density at radius 3 is 2.64 bits per heavy atom. The molecule has 6 atom stereocenters. The molecule has 5 rings (SSSR count). The number of likely N-dealkylation sites (N-methyl/N-ethyl adjacent to an activating group) is 1. The highest BCUT2D eigenvalue weighted by Gasteiger charge is 2.58. The minimum absolute atomic E-state index is 0.0116. The summed E-state index contributed by atoms with van der Waals surface area (Å²) in [5, 5.41) is 4.57. The predicted molar refractivity (Wildman–Crippen MR) is 111 cm³/mol. The zero-order chi connectivity index (χ0) is 19.5. The molecule has 1 aliphatic heterocycles. The van der Waals surface area contributed by atoms with E-state index in [4.69, 9.17) is 4.84 Å². The fourth-order valence-corrected chi connectivity index (χ4v) is 7.54. The summed E-state index contributed by atoms with van der Waals surface area (Å²) in [6.07, 6.45) is 12.7. The zero-order valence-corrected chi connectivity index (χ0v) is 17.9. The van der Waals surface area contributed by atoms with Crippen LogP contribution in [0.5, 0.6) is 0 Å². The van der Waals surface area contributed by atoms with Gasteiger partial charge in [-0.25, -0.2) is 0 Å². The summed E-state index contributed by atoms with van der Waals surface area (Å²) in [6, 6.07) is 0. The Kier molecular flexibility index (Phi) is 4.50. The summed E-state index contributed by atoms with van der Waals surface area (Å²) in [5.74, 6) is 2.68. The summed E-state index contributed by atoms with van der Waals surface area (Å²) in [5.41, 5.74) is 3.06. The van der Waals surface area contributed by atoms with Gasteiger partial charge in [-0.05, 0) is 81.2 Å². The molecular weight excluding hydrogens is 348 g/mol. The SMILES string of the molecule is CN1CC[C@H](O/N=C2\C=C3CCC4C(CC[C@]5(C)C(=O)CCC45)[C@@]3(C)CC2)C1. The number of allylic oxidation sites excluding steroid dienone is 2. The summed E-state index contributed by atoms with van der Waals surface area (Å²) >= 11 is 0. The molecule has 0 bridgehead atoms. The Bertz CT molecular complexity index is 728. The Morgan fingerprint density at radius 1 is 1.04 bits per heavy atom. The standard InChI is InChI=1S/C24H36N2O2/c1-23-11-8-17(25-28-18-10-13-26(3)15-18)14-16(23)4-5-19-20-6-7-22(27)24(20,2)12-9-21(19)23/h14,18-21H,4-13,15H2,1-3H3/b25-17-/t18-,19?,20?,21?,23-,24-/m0/s1. The van der Waals surface area contributed by atoms with Crippen LogP contribution in [0.1, 0.15) is 71.6 Å². The molecular formula is C24H36N2O2. The average molecular weight is 385 g/mol. The molecule has 0 aromatic carbocycles. The number of hydrogen-bond acceptors (Lipinski definition) is 4. The van der Waals surface area contributed by atoms with Gasteiger partial charge in [-0.3, -0.25) is 4.79 Å². The lowest BCUT2D eigenvalue weighted by molar-refractivity contribution is -0.132. The summed E-state index contributed by atoms with van der Waals surface area (Å²) in [4.78, 5) is 20.8. The molecule has 0 N–H and O–H groups in total. The molecule has 0 aromatic rings. The zero-order valence-electron chi connectivity index (χ0n) is 17.9. The highest BCUT2D eigenvalue weighted by atomic mass is 16.6. The number of hydrogen-bond donors (Lipinski definition) is 0. The van der Waals surface area contributed by atoms with Crippen LogP contribution in [0.3, 0.4) is 0 Å². The Morgan fingerprint density at radius 2 is 1.86 bits per heavy atom. The quantitative estimate of drug-likeness (QED) is 0.654. The maximum atomic E-state index is 12.6. The monoisotopic (exact) mass is 384 g/mol. The van der Waals surface area contributed by atoms with E-state index in [1.807, 2.05) is 0 Å². The van der Waals surface area contributed by atoms with Gasteiger partial charge in [0.2, 0.25) is 0 Å². The lowest BCUT2D eigenvalue weighted by Gasteiger charge is -2.57. The minimum atomic E-state index is -0.0116. The van der Waals surface area contributed by atoms with E-state index in [1.165, 1.54) is 25.7 Å². The first kappa shape index (κ1) is 18.8. The lowest BCUT2D eigenvalue weighted by Crippen LogP contribution is -2.50. The maximum absolute atomic E-state index is 12.6. The number of Topliss-reactive ketones (excluding diaryl/α,β-unsaturated/α-hetero) is 1. The smallest absolute Gasteiger partial charge is 0.141 e. The van der Waals surface area contributed by atoms with Crippen molar-refractivity contribution < 1.29 is 9.63 Å². The van der Waals surface area contributed by atoms with E-state index < -0.39 is 0 Å². The molecule has 154 valence electrons. The normalized spacial score (nSPS) is 47.5. The topological polar surface area (TPSA) is 41.9 Å². The highest BCUT2D eigenvalue weighted by Crippen LogP contribution is 2.64. The molecule has 1 saturated heterocycles. The Labute approximate surface area is 169 Å². The van der Waals surface area contributed by atoms with Gasteiger partial charge in [0.1, 0.15) is 11.9 Å². The van der Waals surface area contributed by atoms with E-state index >= 15 is 0 Å². The van der Waals surface area contributed by atoms with Gasteiger partial charge in [-0.2, -0.15) is 0 Å². The Balaban J connectivity index is 1.34. The van der Waals surface area contributed by atoms with Gasteiger partial charge >= 0.3 is 0 Å². The van der Waals surface area contributed by atoms with Crippen LogP contribution in [0, 0.1) is 28.6 Å². The third-order valence-corrected chi connectivity index (χ3v) is 9.35. The molecule has 4 nitrogen and oxygen atoms in total. The second-order valence-corrected chi connectivity index (χ2v) is 10.8. The molecule has 0 spiro atoms. The molecule has 4 aliphatic carbocycles. The molecule has 1 heterocycles. The minimum Gasteiger partial charge on any atom is -0.391 e. The lowest BCUT2D eigenvalue weighted by atomic mass is 9.47. The van der Waals surface area contributed by atoms with Crippen molar-refractivity contribution in [2.24, 2.45) is 33.7 Å². The number of ketones is 1. The van der Waals surface area contributed by atoms with Crippen LogP contribution in [-0.4, -0.2) is 42.6 Å². The highest BCUT2D eigenvalue weighted by molar-refractivity contribution is 5.96. The number of fused-ring (bicyclic) bond motifs is 5. The van der Waals surface area contributed by atoms with Crippen molar-refractivity contribution >= 4 is 11.5 Å². The summed E-state index contributed by atoms with van der Waals surface area (Å²) in [7, 11) is 2.15. The van der Waals surface area contributed by atoms with Gasteiger partial charge in [0.25, 0.3) is 0 Å². The van der Waals surface area contributed by atoms with Gasteiger partial charge in [0, 0.05) is 31.3 Å². The second-order valence-electron chi connectivity index (χ2n) is 10.8. The van der Waals surface area contributed by atoms with E-state index in [2.05, 4.69) is 37.0 Å². The van der Waals surface area contributed by atoms with E-state index in [9.17, 15) is 4.79 Å². The van der Waals surface area contributed by atoms with Crippen LogP contribution >= 0.6 is 0 Å². The second kappa shape index (κ2) is 6.68. The van der Waals surface area contributed by atoms with Crippen LogP contribution < -0.4 is 0 Å². The van der Waals surface area contributed by atoms with E-state index in [-0.39, 0.29) is 11.5 Å². The largest absolute Gasteiger partial charge is 0.391 e. The maximum Gasteiger partial charge on any atom is 0.141 e. The van der Waals surface area contributed by atoms with Crippen molar-refractivity contribution in [3.8, 4) is 0 Å². The third-order valence-electron chi connectivity index (χ3n) is 9.35. The van der Waals surface area contributed by atoms with E-state index in [0.717, 1.165) is 62.7 Å².